The molecular weight excluding hydrogens is 481 g/mol. The van der Waals surface area contributed by atoms with E-state index in [0.717, 1.165) is 38.4 Å². The zero-order chi connectivity index (χ0) is 24.9. The molecule has 4 heterocycles. The van der Waals surface area contributed by atoms with Gasteiger partial charge in [0.25, 0.3) is 5.44 Å². The van der Waals surface area contributed by atoms with Crippen molar-refractivity contribution in [1.29, 1.82) is 0 Å². The van der Waals surface area contributed by atoms with Crippen LogP contribution in [0.2, 0.25) is 0 Å². The molecule has 1 atom stereocenters. The highest BCUT2D eigenvalue weighted by Crippen LogP contribution is 2.38. The lowest BCUT2D eigenvalue weighted by atomic mass is 9.98. The van der Waals surface area contributed by atoms with Gasteiger partial charge in [0.1, 0.15) is 16.6 Å². The first-order valence-electron chi connectivity index (χ1n) is 11.8. The van der Waals surface area contributed by atoms with Gasteiger partial charge in [0.2, 0.25) is 5.88 Å². The van der Waals surface area contributed by atoms with Crippen molar-refractivity contribution in [2.45, 2.75) is 0 Å². The maximum atomic E-state index is 14.0. The summed E-state index contributed by atoms with van der Waals surface area (Å²) in [5.41, 5.74) is 5.64. The van der Waals surface area contributed by atoms with Crippen molar-refractivity contribution in [1.82, 2.24) is 15.0 Å². The molecule has 0 aliphatic rings. The van der Waals surface area contributed by atoms with Gasteiger partial charge in [-0.1, -0.05) is 41.0 Å². The highest BCUT2D eigenvalue weighted by molar-refractivity contribution is 7.61. The average molecular weight is 500 g/mol. The van der Waals surface area contributed by atoms with Gasteiger partial charge in [0.15, 0.2) is 10.9 Å². The van der Waals surface area contributed by atoms with Crippen LogP contribution in [0.1, 0.15) is 0 Å². The fourth-order valence-corrected chi connectivity index (χ4v) is 6.09. The number of nitrogens with zero attached hydrogens (tertiary/aromatic N) is 3. The van der Waals surface area contributed by atoms with Crippen molar-refractivity contribution in [3.05, 3.63) is 97.2 Å². The highest BCUT2D eigenvalue weighted by Gasteiger charge is 2.32. The van der Waals surface area contributed by atoms with Crippen LogP contribution < -0.4 is 15.5 Å². The summed E-state index contributed by atoms with van der Waals surface area (Å²) in [4.78, 5) is 14.3. The maximum absolute atomic E-state index is 14.0. The number of ether oxygens (including phenoxy) is 1. The number of hydrogen-bond donors (Lipinski definition) is 0. The largest absolute Gasteiger partial charge is 0.481 e. The molecule has 0 amide bonds. The van der Waals surface area contributed by atoms with E-state index >= 15 is 0 Å². The van der Waals surface area contributed by atoms with E-state index in [-0.39, 0.29) is 0 Å². The molecule has 0 aliphatic carbocycles. The summed E-state index contributed by atoms with van der Waals surface area (Å²) in [5.74, 6) is 0.498. The Hall–Kier alpha value is -4.67. The van der Waals surface area contributed by atoms with Crippen LogP contribution in [-0.2, 0) is 4.57 Å². The monoisotopic (exact) mass is 500 g/mol. The van der Waals surface area contributed by atoms with Gasteiger partial charge in [-0.25, -0.2) is 4.98 Å². The van der Waals surface area contributed by atoms with Gasteiger partial charge in [-0.15, -0.1) is 0 Å². The van der Waals surface area contributed by atoms with Gasteiger partial charge in [-0.3, -0.25) is 4.98 Å². The van der Waals surface area contributed by atoms with E-state index in [0.29, 0.717) is 33.2 Å². The van der Waals surface area contributed by atoms with Crippen molar-refractivity contribution in [2.24, 2.45) is 0 Å². The van der Waals surface area contributed by atoms with Crippen LogP contribution in [0.5, 0.6) is 5.88 Å². The molecule has 176 valence electrons. The first kappa shape index (κ1) is 21.6. The second-order valence-corrected chi connectivity index (χ2v) is 10.2. The minimum Gasteiger partial charge on any atom is -0.481 e. The van der Waals surface area contributed by atoms with Crippen LogP contribution >= 0.6 is 7.80 Å². The number of aromatic nitrogens is 3. The molecule has 3 aromatic carbocycles. The van der Waals surface area contributed by atoms with Crippen molar-refractivity contribution in [2.75, 3.05) is 7.11 Å². The first-order chi connectivity index (χ1) is 18.2. The number of furan rings is 1. The van der Waals surface area contributed by atoms with Crippen LogP contribution in [0.15, 0.2) is 102 Å². The van der Waals surface area contributed by atoms with E-state index < -0.39 is 7.80 Å². The number of benzene rings is 3. The summed E-state index contributed by atoms with van der Waals surface area (Å²) in [5, 5.41) is 3.38. The third-order valence-corrected chi connectivity index (χ3v) is 8.03. The third-order valence-electron chi connectivity index (χ3n) is 6.53. The lowest BCUT2D eigenvalue weighted by Gasteiger charge is -2.11. The molecule has 0 fully saturated rings. The van der Waals surface area contributed by atoms with Crippen LogP contribution in [0.3, 0.4) is 0 Å². The standard InChI is InChI=1S/C30H19N3O3P/c1-35-26-14-13-20-22(16-18-8-7-15-31-27(18)29(20)32-26)23-17-25-28(21-11-5-6-12-24(21)36-25)33-30(23)37(34)19-9-3-2-4-10-19/h2-17H,1H3/q+1. The average Bonchev–Trinajstić information content (AvgIpc) is 3.33. The maximum Gasteiger partial charge on any atom is 0.436 e. The number of hydrogen-bond acceptors (Lipinski definition) is 6. The van der Waals surface area contributed by atoms with Crippen molar-refractivity contribution in [3.63, 3.8) is 0 Å². The van der Waals surface area contributed by atoms with Crippen molar-refractivity contribution < 1.29 is 13.7 Å². The molecule has 7 rings (SSSR count). The van der Waals surface area contributed by atoms with Gasteiger partial charge < -0.3 is 9.15 Å². The minimum atomic E-state index is -2.00. The van der Waals surface area contributed by atoms with Gasteiger partial charge in [-0.2, -0.15) is 4.98 Å². The Balaban J connectivity index is 1.61. The topological polar surface area (TPSA) is 78.1 Å². The molecule has 7 heteroatoms. The van der Waals surface area contributed by atoms with E-state index in [2.05, 4.69) is 11.1 Å². The Kier molecular flexibility index (Phi) is 4.95. The molecule has 37 heavy (non-hydrogen) atoms. The molecule has 0 spiro atoms. The Bertz CT molecular complexity index is 2000. The van der Waals surface area contributed by atoms with Crippen LogP contribution in [0, 0.1) is 0 Å². The first-order valence-corrected chi connectivity index (χ1v) is 13.0. The Morgan fingerprint density at radius 2 is 1.57 bits per heavy atom. The summed E-state index contributed by atoms with van der Waals surface area (Å²) in [6.07, 6.45) is 1.75. The molecule has 0 saturated heterocycles. The molecule has 0 aliphatic heterocycles. The Labute approximate surface area is 212 Å². The molecule has 1 unspecified atom stereocenters. The van der Waals surface area contributed by atoms with E-state index in [1.807, 2.05) is 84.9 Å². The quantitative estimate of drug-likeness (QED) is 0.202. The zero-order valence-corrected chi connectivity index (χ0v) is 20.6. The predicted molar refractivity (Wildman–Crippen MR) is 147 cm³/mol. The fraction of sp³-hybridized carbons (Fsp3) is 0.0333. The molecule has 4 aromatic heterocycles. The van der Waals surface area contributed by atoms with Crippen LogP contribution in [0.25, 0.3) is 55.0 Å². The lowest BCUT2D eigenvalue weighted by molar-refractivity contribution is 0.399. The van der Waals surface area contributed by atoms with Crippen LogP contribution in [-0.4, -0.2) is 22.1 Å². The minimum absolute atomic E-state index is 0.498. The fourth-order valence-electron chi connectivity index (χ4n) is 4.81. The smallest absolute Gasteiger partial charge is 0.436 e. The van der Waals surface area contributed by atoms with Gasteiger partial charge in [-0.05, 0) is 54.1 Å². The van der Waals surface area contributed by atoms with Gasteiger partial charge >= 0.3 is 7.80 Å². The number of fused-ring (bicyclic) bond motifs is 6. The summed E-state index contributed by atoms with van der Waals surface area (Å²) in [6.45, 7) is 0. The SMILES string of the molecule is COc1ccc2c(-c3cc4oc5ccccc5c4nc3[P+](=O)c3ccccc3)cc3cccnc3c2n1. The second-order valence-electron chi connectivity index (χ2n) is 8.68. The van der Waals surface area contributed by atoms with Crippen LogP contribution in [0.4, 0.5) is 0 Å². The molecule has 0 N–H and O–H groups in total. The van der Waals surface area contributed by atoms with E-state index in [9.17, 15) is 4.57 Å². The number of para-hydroxylation sites is 1. The van der Waals surface area contributed by atoms with E-state index in [1.54, 1.807) is 13.3 Å². The van der Waals surface area contributed by atoms with Gasteiger partial charge in [0, 0.05) is 28.4 Å². The Morgan fingerprint density at radius 1 is 0.730 bits per heavy atom. The molecule has 6 nitrogen and oxygen atoms in total. The summed E-state index contributed by atoms with van der Waals surface area (Å²) < 4.78 is 25.6. The molecule has 7 aromatic rings. The van der Waals surface area contributed by atoms with Gasteiger partial charge in [0.05, 0.1) is 18.2 Å². The summed E-state index contributed by atoms with van der Waals surface area (Å²) in [7, 11) is -0.403. The zero-order valence-electron chi connectivity index (χ0n) is 19.8. The Morgan fingerprint density at radius 3 is 2.43 bits per heavy atom. The normalized spacial score (nSPS) is 12.0. The molecular formula is C30H19N3O3P+. The van der Waals surface area contributed by atoms with E-state index in [1.165, 1.54) is 0 Å². The lowest BCUT2D eigenvalue weighted by Crippen LogP contribution is -2.13. The summed E-state index contributed by atoms with van der Waals surface area (Å²) in [6, 6.07) is 28.9. The molecule has 0 radical (unpaired) electrons. The number of rotatable bonds is 4. The van der Waals surface area contributed by atoms with Crippen molar-refractivity contribution in [3.8, 4) is 17.0 Å². The second kappa shape index (κ2) is 8.47. The predicted octanol–water partition coefficient (Wildman–Crippen LogP) is 6.53. The number of pyridine rings is 3. The van der Waals surface area contributed by atoms with E-state index in [4.69, 9.17) is 19.1 Å². The highest BCUT2D eigenvalue weighted by atomic mass is 31.1. The number of methoxy groups -OCH3 is 1. The molecule has 0 saturated carbocycles. The van der Waals surface area contributed by atoms with Crippen molar-refractivity contribution >= 4 is 62.4 Å². The third kappa shape index (κ3) is 3.45. The molecule has 0 bridgehead atoms. The summed E-state index contributed by atoms with van der Waals surface area (Å²) >= 11 is 0.